The number of nitrogens with one attached hydrogen (secondary N) is 2. The van der Waals surface area contributed by atoms with Crippen molar-refractivity contribution >= 4 is 22.8 Å². The van der Waals surface area contributed by atoms with E-state index in [9.17, 15) is 9.18 Å². The van der Waals surface area contributed by atoms with E-state index in [-0.39, 0.29) is 12.1 Å². The molecule has 6 nitrogen and oxygen atoms in total. The molecule has 0 saturated carbocycles. The number of nitrogens with zero attached hydrogens (tertiary/aromatic N) is 2. The summed E-state index contributed by atoms with van der Waals surface area (Å²) >= 11 is 0. The van der Waals surface area contributed by atoms with Crippen molar-refractivity contribution in [2.24, 2.45) is 5.73 Å². The molecule has 4 rings (SSSR count). The van der Waals surface area contributed by atoms with Gasteiger partial charge in [-0.05, 0) is 35.4 Å². The Balaban J connectivity index is 1.44. The third kappa shape index (κ3) is 3.55. The first-order chi connectivity index (χ1) is 13.6. The third-order valence-corrected chi connectivity index (χ3v) is 4.56. The maximum absolute atomic E-state index is 14.3. The molecule has 0 saturated heterocycles. The lowest BCUT2D eigenvalue weighted by molar-refractivity contribution is 0.0996. The Morgan fingerprint density at radius 1 is 1.11 bits per heavy atom. The van der Waals surface area contributed by atoms with E-state index < -0.39 is 11.7 Å². The van der Waals surface area contributed by atoms with Crippen LogP contribution in [0.4, 0.5) is 10.2 Å². The summed E-state index contributed by atoms with van der Waals surface area (Å²) in [4.78, 5) is 23.1. The Kier molecular flexibility index (Phi) is 4.72. The minimum absolute atomic E-state index is 0.115. The summed E-state index contributed by atoms with van der Waals surface area (Å²) in [6.45, 7) is 0.202. The fourth-order valence-corrected chi connectivity index (χ4v) is 3.10. The van der Waals surface area contributed by atoms with Crippen molar-refractivity contribution in [1.29, 1.82) is 0 Å². The third-order valence-electron chi connectivity index (χ3n) is 4.56. The van der Waals surface area contributed by atoms with Gasteiger partial charge >= 0.3 is 0 Å². The minimum atomic E-state index is -0.783. The van der Waals surface area contributed by atoms with Crippen LogP contribution in [0, 0.1) is 5.82 Å². The van der Waals surface area contributed by atoms with Crippen LogP contribution >= 0.6 is 0 Å². The molecule has 0 atom stereocenters. The maximum Gasteiger partial charge on any atom is 0.251 e. The number of hydrogen-bond donors (Lipinski definition) is 3. The van der Waals surface area contributed by atoms with Gasteiger partial charge in [-0.25, -0.2) is 14.4 Å². The highest BCUT2D eigenvalue weighted by atomic mass is 19.1. The highest BCUT2D eigenvalue weighted by Gasteiger charge is 2.12. The van der Waals surface area contributed by atoms with E-state index in [0.29, 0.717) is 11.4 Å². The number of halogens is 1. The van der Waals surface area contributed by atoms with Crippen LogP contribution in [-0.2, 0) is 13.0 Å². The number of pyridine rings is 2. The molecular formula is C21H18FN5O. The molecule has 0 spiro atoms. The fourth-order valence-electron chi connectivity index (χ4n) is 3.10. The Bertz CT molecular complexity index is 1140. The summed E-state index contributed by atoms with van der Waals surface area (Å²) in [6, 6.07) is 12.3. The average Bonchev–Trinajstić information content (AvgIpc) is 3.11. The van der Waals surface area contributed by atoms with Gasteiger partial charge in [0.05, 0.1) is 5.56 Å². The topological polar surface area (TPSA) is 96.7 Å². The number of nitrogens with two attached hydrogens (primary N) is 1. The van der Waals surface area contributed by atoms with E-state index in [1.807, 2.05) is 30.5 Å². The van der Waals surface area contributed by atoms with Crippen LogP contribution in [0.15, 0.2) is 61.1 Å². The standard InChI is InChI=1S/C21H18FN5O/c22-19-14(3-1-4-17(19)20(23)28)11-26-18-7-6-13(10-25-18)9-15-12-27-21-16(15)5-2-8-24-21/h1-8,10,12H,9,11H2,(H2,23,28)(H,24,27)(H,25,26). The van der Waals surface area contributed by atoms with Gasteiger partial charge in [-0.2, -0.15) is 0 Å². The quantitative estimate of drug-likeness (QED) is 0.481. The lowest BCUT2D eigenvalue weighted by Gasteiger charge is -2.09. The Morgan fingerprint density at radius 3 is 2.79 bits per heavy atom. The van der Waals surface area contributed by atoms with Crippen LogP contribution in [0.2, 0.25) is 0 Å². The van der Waals surface area contributed by atoms with Crippen molar-refractivity contribution in [3.63, 3.8) is 0 Å². The summed E-state index contributed by atoms with van der Waals surface area (Å²) in [5.41, 5.74) is 8.49. The van der Waals surface area contributed by atoms with Crippen molar-refractivity contribution in [3.05, 3.63) is 89.1 Å². The molecule has 1 amide bonds. The highest BCUT2D eigenvalue weighted by molar-refractivity contribution is 5.93. The van der Waals surface area contributed by atoms with Crippen molar-refractivity contribution in [3.8, 4) is 0 Å². The number of benzene rings is 1. The zero-order chi connectivity index (χ0) is 19.5. The Hall–Kier alpha value is -3.74. The van der Waals surface area contributed by atoms with Crippen LogP contribution in [0.5, 0.6) is 0 Å². The van der Waals surface area contributed by atoms with E-state index in [2.05, 4.69) is 20.3 Å². The first-order valence-electron chi connectivity index (χ1n) is 8.79. The summed E-state index contributed by atoms with van der Waals surface area (Å²) in [5, 5.41) is 4.16. The molecule has 0 aliphatic rings. The predicted molar refractivity (Wildman–Crippen MR) is 105 cm³/mol. The van der Waals surface area contributed by atoms with E-state index >= 15 is 0 Å². The molecule has 3 heterocycles. The second kappa shape index (κ2) is 7.48. The number of anilines is 1. The number of aromatic nitrogens is 3. The predicted octanol–water partition coefficient (Wildman–Crippen LogP) is 3.40. The van der Waals surface area contributed by atoms with Gasteiger partial charge in [0, 0.05) is 42.5 Å². The van der Waals surface area contributed by atoms with Crippen LogP contribution in [-0.4, -0.2) is 20.9 Å². The van der Waals surface area contributed by atoms with Crippen molar-refractivity contribution in [1.82, 2.24) is 15.0 Å². The van der Waals surface area contributed by atoms with Crippen LogP contribution in [0.3, 0.4) is 0 Å². The summed E-state index contributed by atoms with van der Waals surface area (Å²) in [7, 11) is 0. The van der Waals surface area contributed by atoms with Crippen LogP contribution < -0.4 is 11.1 Å². The molecule has 28 heavy (non-hydrogen) atoms. The molecule has 140 valence electrons. The fraction of sp³-hybridized carbons (Fsp3) is 0.0952. The van der Waals surface area contributed by atoms with Gasteiger partial charge in [-0.15, -0.1) is 0 Å². The molecule has 0 unspecified atom stereocenters. The molecule has 0 radical (unpaired) electrons. The van der Waals surface area contributed by atoms with Gasteiger partial charge in [-0.1, -0.05) is 18.2 Å². The van der Waals surface area contributed by atoms with Crippen molar-refractivity contribution < 1.29 is 9.18 Å². The Labute approximate surface area is 160 Å². The largest absolute Gasteiger partial charge is 0.366 e. The first kappa shape index (κ1) is 17.7. The summed E-state index contributed by atoms with van der Waals surface area (Å²) < 4.78 is 14.3. The molecule has 4 aromatic rings. The monoisotopic (exact) mass is 375 g/mol. The number of rotatable bonds is 6. The van der Waals surface area contributed by atoms with Crippen molar-refractivity contribution in [2.45, 2.75) is 13.0 Å². The molecule has 0 fully saturated rings. The maximum atomic E-state index is 14.3. The normalized spacial score (nSPS) is 10.9. The molecule has 1 aromatic carbocycles. The average molecular weight is 375 g/mol. The number of primary amides is 1. The van der Waals surface area contributed by atoms with E-state index in [0.717, 1.165) is 28.6 Å². The lowest BCUT2D eigenvalue weighted by Crippen LogP contribution is -2.15. The van der Waals surface area contributed by atoms with Gasteiger partial charge in [0.15, 0.2) is 0 Å². The van der Waals surface area contributed by atoms with Gasteiger partial charge in [0.25, 0.3) is 5.91 Å². The number of carbonyl (C=O) groups is 1. The van der Waals surface area contributed by atoms with E-state index in [1.54, 1.807) is 24.5 Å². The first-order valence-corrected chi connectivity index (χ1v) is 8.79. The Morgan fingerprint density at radius 2 is 2.00 bits per heavy atom. The molecule has 3 aromatic heterocycles. The number of hydrogen-bond acceptors (Lipinski definition) is 4. The van der Waals surface area contributed by atoms with E-state index in [4.69, 9.17) is 5.73 Å². The smallest absolute Gasteiger partial charge is 0.251 e. The molecule has 4 N–H and O–H groups in total. The highest BCUT2D eigenvalue weighted by Crippen LogP contribution is 2.20. The molecular weight excluding hydrogens is 357 g/mol. The van der Waals surface area contributed by atoms with Crippen molar-refractivity contribution in [2.75, 3.05) is 5.32 Å². The van der Waals surface area contributed by atoms with Gasteiger partial charge in [0.2, 0.25) is 0 Å². The zero-order valence-electron chi connectivity index (χ0n) is 14.9. The molecule has 0 bridgehead atoms. The molecule has 7 heteroatoms. The van der Waals surface area contributed by atoms with E-state index in [1.165, 1.54) is 6.07 Å². The summed E-state index contributed by atoms with van der Waals surface area (Å²) in [6.07, 6.45) is 6.23. The van der Waals surface area contributed by atoms with Gasteiger partial charge in [-0.3, -0.25) is 4.79 Å². The van der Waals surface area contributed by atoms with Crippen LogP contribution in [0.1, 0.15) is 27.0 Å². The lowest BCUT2D eigenvalue weighted by atomic mass is 10.1. The zero-order valence-corrected chi connectivity index (χ0v) is 14.9. The number of aromatic amines is 1. The second-order valence-electron chi connectivity index (χ2n) is 6.44. The minimum Gasteiger partial charge on any atom is -0.366 e. The SMILES string of the molecule is NC(=O)c1cccc(CNc2ccc(Cc3c[nH]c4ncccc34)cn2)c1F. The number of fused-ring (bicyclic) bond motifs is 1. The second-order valence-corrected chi connectivity index (χ2v) is 6.44. The van der Waals surface area contributed by atoms with Crippen LogP contribution in [0.25, 0.3) is 11.0 Å². The van der Waals surface area contributed by atoms with Gasteiger partial charge < -0.3 is 16.0 Å². The number of amides is 1. The number of H-pyrrole nitrogens is 1. The number of carbonyl (C=O) groups excluding carboxylic acids is 1. The van der Waals surface area contributed by atoms with Gasteiger partial charge in [0.1, 0.15) is 17.3 Å². The summed E-state index contributed by atoms with van der Waals surface area (Å²) in [5.74, 6) is -0.769. The molecule has 0 aliphatic carbocycles. The molecule has 0 aliphatic heterocycles.